The average Bonchev–Trinajstić information content (AvgIpc) is 2.44. The Balaban J connectivity index is 2.39. The fourth-order valence-corrected chi connectivity index (χ4v) is 1.37. The zero-order chi connectivity index (χ0) is 9.80. The van der Waals surface area contributed by atoms with Crippen LogP contribution in [0.15, 0.2) is 54.9 Å². The SMILES string of the molecule is CN1C=CC=CC=C1c1ccccn1. The van der Waals surface area contributed by atoms with Crippen LogP contribution in [0.2, 0.25) is 0 Å². The molecule has 1 aliphatic heterocycles. The standard InChI is InChI=1S/C12H12N2/c1-14-10-6-2-3-8-12(14)11-7-4-5-9-13-11/h2-10H,1H3. The highest BCUT2D eigenvalue weighted by Crippen LogP contribution is 2.17. The lowest BCUT2D eigenvalue weighted by Gasteiger charge is -2.16. The minimum atomic E-state index is 0.992. The van der Waals surface area contributed by atoms with Gasteiger partial charge >= 0.3 is 0 Å². The first kappa shape index (κ1) is 8.75. The van der Waals surface area contributed by atoms with E-state index in [9.17, 15) is 0 Å². The van der Waals surface area contributed by atoms with Gasteiger partial charge in [0, 0.05) is 19.4 Å². The van der Waals surface area contributed by atoms with Crippen LogP contribution in [-0.2, 0) is 0 Å². The van der Waals surface area contributed by atoms with E-state index in [0.29, 0.717) is 0 Å². The molecule has 0 radical (unpaired) electrons. The van der Waals surface area contributed by atoms with Gasteiger partial charge in [-0.15, -0.1) is 0 Å². The Morgan fingerprint density at radius 1 is 1.14 bits per heavy atom. The summed E-state index contributed by atoms with van der Waals surface area (Å²) in [6.45, 7) is 0. The predicted octanol–water partition coefficient (Wildman–Crippen LogP) is 2.44. The molecule has 0 saturated heterocycles. The molecule has 2 heterocycles. The second kappa shape index (κ2) is 3.92. The molecule has 0 saturated carbocycles. The number of rotatable bonds is 1. The Hall–Kier alpha value is -1.83. The number of hydrogen-bond acceptors (Lipinski definition) is 2. The summed E-state index contributed by atoms with van der Waals surface area (Å²) < 4.78 is 0. The second-order valence-electron chi connectivity index (χ2n) is 3.10. The fraction of sp³-hybridized carbons (Fsp3) is 0.0833. The molecule has 0 unspecified atom stereocenters. The van der Waals surface area contributed by atoms with Gasteiger partial charge in [-0.1, -0.05) is 18.2 Å². The van der Waals surface area contributed by atoms with Gasteiger partial charge in [0.2, 0.25) is 0 Å². The lowest BCUT2D eigenvalue weighted by atomic mass is 10.2. The van der Waals surface area contributed by atoms with Crippen molar-refractivity contribution in [3.63, 3.8) is 0 Å². The average molecular weight is 184 g/mol. The first-order valence-electron chi connectivity index (χ1n) is 4.57. The van der Waals surface area contributed by atoms with Gasteiger partial charge in [-0.05, 0) is 24.3 Å². The van der Waals surface area contributed by atoms with Crippen molar-refractivity contribution >= 4 is 5.70 Å². The highest BCUT2D eigenvalue weighted by molar-refractivity contribution is 5.64. The Kier molecular flexibility index (Phi) is 2.45. The molecular formula is C12H12N2. The van der Waals surface area contributed by atoms with Crippen molar-refractivity contribution in [2.75, 3.05) is 7.05 Å². The highest BCUT2D eigenvalue weighted by atomic mass is 15.1. The molecule has 14 heavy (non-hydrogen) atoms. The molecular weight excluding hydrogens is 172 g/mol. The van der Waals surface area contributed by atoms with Crippen LogP contribution in [0, 0.1) is 0 Å². The van der Waals surface area contributed by atoms with Crippen LogP contribution in [0.3, 0.4) is 0 Å². The number of pyridine rings is 1. The number of nitrogens with zero attached hydrogens (tertiary/aromatic N) is 2. The van der Waals surface area contributed by atoms with E-state index in [1.165, 1.54) is 0 Å². The van der Waals surface area contributed by atoms with Crippen LogP contribution >= 0.6 is 0 Å². The molecule has 70 valence electrons. The van der Waals surface area contributed by atoms with E-state index in [-0.39, 0.29) is 0 Å². The summed E-state index contributed by atoms with van der Waals surface area (Å²) >= 11 is 0. The molecule has 1 aromatic heterocycles. The molecule has 0 N–H and O–H groups in total. The maximum Gasteiger partial charge on any atom is 0.0866 e. The number of allylic oxidation sites excluding steroid dienone is 4. The van der Waals surface area contributed by atoms with Crippen LogP contribution in [0.4, 0.5) is 0 Å². The summed E-state index contributed by atoms with van der Waals surface area (Å²) in [6, 6.07) is 5.93. The molecule has 0 spiro atoms. The van der Waals surface area contributed by atoms with Crippen LogP contribution in [0.1, 0.15) is 5.69 Å². The topological polar surface area (TPSA) is 16.1 Å². The lowest BCUT2D eigenvalue weighted by Crippen LogP contribution is -2.09. The minimum absolute atomic E-state index is 0.992. The molecule has 0 amide bonds. The maximum absolute atomic E-state index is 4.32. The van der Waals surface area contributed by atoms with Crippen LogP contribution in [0.25, 0.3) is 5.70 Å². The monoisotopic (exact) mass is 184 g/mol. The summed E-state index contributed by atoms with van der Waals surface area (Å²) in [5.74, 6) is 0. The third-order valence-corrected chi connectivity index (χ3v) is 2.09. The largest absolute Gasteiger partial charge is 0.349 e. The van der Waals surface area contributed by atoms with E-state index in [1.807, 2.05) is 55.9 Å². The van der Waals surface area contributed by atoms with Crippen molar-refractivity contribution < 1.29 is 0 Å². The van der Waals surface area contributed by atoms with E-state index < -0.39 is 0 Å². The van der Waals surface area contributed by atoms with Crippen molar-refractivity contribution in [1.29, 1.82) is 0 Å². The summed E-state index contributed by atoms with van der Waals surface area (Å²) in [7, 11) is 2.02. The normalized spacial score (nSPS) is 15.2. The van der Waals surface area contributed by atoms with Gasteiger partial charge in [-0.2, -0.15) is 0 Å². The number of aromatic nitrogens is 1. The van der Waals surface area contributed by atoms with Crippen LogP contribution < -0.4 is 0 Å². The Labute approximate surface area is 83.9 Å². The number of hydrogen-bond donors (Lipinski definition) is 0. The first-order chi connectivity index (χ1) is 6.88. The molecule has 0 aliphatic carbocycles. The summed E-state index contributed by atoms with van der Waals surface area (Å²) in [5.41, 5.74) is 2.10. The zero-order valence-corrected chi connectivity index (χ0v) is 8.09. The molecule has 0 atom stereocenters. The Bertz CT molecular complexity index is 388. The van der Waals surface area contributed by atoms with Crippen LogP contribution in [-0.4, -0.2) is 16.9 Å². The highest BCUT2D eigenvalue weighted by Gasteiger charge is 2.05. The van der Waals surface area contributed by atoms with E-state index in [4.69, 9.17) is 0 Å². The van der Waals surface area contributed by atoms with E-state index in [1.54, 1.807) is 0 Å². The lowest BCUT2D eigenvalue weighted by molar-refractivity contribution is 0.652. The Morgan fingerprint density at radius 3 is 2.86 bits per heavy atom. The van der Waals surface area contributed by atoms with Gasteiger partial charge in [-0.25, -0.2) is 0 Å². The molecule has 1 aromatic rings. The second-order valence-corrected chi connectivity index (χ2v) is 3.10. The first-order valence-corrected chi connectivity index (χ1v) is 4.57. The summed E-state index contributed by atoms with van der Waals surface area (Å²) in [5, 5.41) is 0. The van der Waals surface area contributed by atoms with E-state index >= 15 is 0 Å². The van der Waals surface area contributed by atoms with Gasteiger partial charge in [0.05, 0.1) is 11.4 Å². The summed E-state index contributed by atoms with van der Waals surface area (Å²) in [6.07, 6.45) is 11.9. The maximum atomic E-state index is 4.32. The third kappa shape index (κ3) is 1.74. The van der Waals surface area contributed by atoms with Gasteiger partial charge in [0.25, 0.3) is 0 Å². The quantitative estimate of drug-likeness (QED) is 0.666. The predicted molar refractivity (Wildman–Crippen MR) is 58.3 cm³/mol. The van der Waals surface area contributed by atoms with Gasteiger partial charge in [0.15, 0.2) is 0 Å². The van der Waals surface area contributed by atoms with Crippen LogP contribution in [0.5, 0.6) is 0 Å². The summed E-state index contributed by atoms with van der Waals surface area (Å²) in [4.78, 5) is 6.37. The molecule has 2 rings (SSSR count). The molecule has 2 heteroatoms. The molecule has 0 aromatic carbocycles. The van der Waals surface area contributed by atoms with Crippen molar-refractivity contribution in [3.8, 4) is 0 Å². The molecule has 0 fully saturated rings. The van der Waals surface area contributed by atoms with Crippen molar-refractivity contribution in [2.24, 2.45) is 0 Å². The Morgan fingerprint density at radius 2 is 2.07 bits per heavy atom. The minimum Gasteiger partial charge on any atom is -0.349 e. The van der Waals surface area contributed by atoms with E-state index in [0.717, 1.165) is 11.4 Å². The molecule has 2 nitrogen and oxygen atoms in total. The van der Waals surface area contributed by atoms with E-state index in [2.05, 4.69) is 16.0 Å². The van der Waals surface area contributed by atoms with Gasteiger partial charge in [-0.3, -0.25) is 4.98 Å². The molecule has 1 aliphatic rings. The smallest absolute Gasteiger partial charge is 0.0866 e. The van der Waals surface area contributed by atoms with Crippen molar-refractivity contribution in [2.45, 2.75) is 0 Å². The van der Waals surface area contributed by atoms with Crippen molar-refractivity contribution in [1.82, 2.24) is 9.88 Å². The van der Waals surface area contributed by atoms with Crippen molar-refractivity contribution in [3.05, 3.63) is 60.6 Å². The zero-order valence-electron chi connectivity index (χ0n) is 8.09. The van der Waals surface area contributed by atoms with Gasteiger partial charge in [0.1, 0.15) is 0 Å². The third-order valence-electron chi connectivity index (χ3n) is 2.09. The van der Waals surface area contributed by atoms with Gasteiger partial charge < -0.3 is 4.90 Å². The fourth-order valence-electron chi connectivity index (χ4n) is 1.37. The molecule has 0 bridgehead atoms.